The molecule has 1 rings (SSSR count). The van der Waals surface area contributed by atoms with Crippen molar-refractivity contribution in [2.24, 2.45) is 0 Å². The number of anilines is 1. The molecule has 0 atom stereocenters. The molecule has 120 valence electrons. The van der Waals surface area contributed by atoms with Crippen LogP contribution in [0.25, 0.3) is 0 Å². The third kappa shape index (κ3) is 5.02. The van der Waals surface area contributed by atoms with Gasteiger partial charge in [-0.2, -0.15) is 0 Å². The fraction of sp³-hybridized carbons (Fsp3) is 0.615. The third-order valence-electron chi connectivity index (χ3n) is 3.25. The van der Waals surface area contributed by atoms with Gasteiger partial charge in [-0.25, -0.2) is 4.57 Å². The zero-order chi connectivity index (χ0) is 15.7. The van der Waals surface area contributed by atoms with E-state index in [1.54, 1.807) is 35.5 Å². The minimum atomic E-state index is -2.47. The SMILES string of the molecule is CON(OC)c1cc[n+](CCC[Si](OC)(OC)OC)cc1. The van der Waals surface area contributed by atoms with Gasteiger partial charge in [0, 0.05) is 45.9 Å². The number of rotatable bonds is 10. The van der Waals surface area contributed by atoms with Crippen LogP contribution in [0.2, 0.25) is 6.04 Å². The van der Waals surface area contributed by atoms with Gasteiger partial charge in [-0.15, -0.1) is 5.23 Å². The smallest absolute Gasteiger partial charge is 0.377 e. The van der Waals surface area contributed by atoms with Crippen LogP contribution in [-0.2, 0) is 29.5 Å². The normalized spacial score (nSPS) is 11.7. The molecule has 0 aliphatic carbocycles. The van der Waals surface area contributed by atoms with Gasteiger partial charge in [-0.3, -0.25) is 9.68 Å². The molecule has 21 heavy (non-hydrogen) atoms. The summed E-state index contributed by atoms with van der Waals surface area (Å²) in [5.74, 6) is 0. The van der Waals surface area contributed by atoms with Crippen molar-refractivity contribution in [2.45, 2.75) is 19.0 Å². The Hall–Kier alpha value is -1.03. The van der Waals surface area contributed by atoms with Crippen molar-refractivity contribution in [3.05, 3.63) is 24.5 Å². The molecule has 0 radical (unpaired) electrons. The largest absolute Gasteiger partial charge is 0.500 e. The summed E-state index contributed by atoms with van der Waals surface area (Å²) in [6, 6.07) is 4.61. The molecule has 0 saturated carbocycles. The van der Waals surface area contributed by atoms with Crippen molar-refractivity contribution >= 4 is 14.5 Å². The molecule has 0 N–H and O–H groups in total. The number of aromatic nitrogens is 1. The summed E-state index contributed by atoms with van der Waals surface area (Å²) in [5, 5.41) is 1.34. The van der Waals surface area contributed by atoms with E-state index in [9.17, 15) is 0 Å². The molecule has 1 aromatic rings. The average Bonchev–Trinajstić information content (AvgIpc) is 2.54. The second kappa shape index (κ2) is 9.08. The van der Waals surface area contributed by atoms with Gasteiger partial charge in [0.2, 0.25) is 0 Å². The van der Waals surface area contributed by atoms with Crippen LogP contribution >= 0.6 is 0 Å². The lowest BCUT2D eigenvalue weighted by atomic mass is 10.4. The van der Waals surface area contributed by atoms with Crippen molar-refractivity contribution in [3.63, 3.8) is 0 Å². The predicted molar refractivity (Wildman–Crippen MR) is 79.3 cm³/mol. The summed E-state index contributed by atoms with van der Waals surface area (Å²) < 4.78 is 18.3. The Balaban J connectivity index is 2.53. The van der Waals surface area contributed by atoms with E-state index < -0.39 is 8.80 Å². The van der Waals surface area contributed by atoms with Crippen molar-refractivity contribution in [1.82, 2.24) is 0 Å². The maximum absolute atomic E-state index is 5.40. The highest BCUT2D eigenvalue weighted by Crippen LogP contribution is 2.15. The van der Waals surface area contributed by atoms with Crippen LogP contribution in [0, 0.1) is 0 Å². The number of nitrogens with zero attached hydrogens (tertiary/aromatic N) is 2. The first-order valence-electron chi connectivity index (χ1n) is 6.67. The maximum Gasteiger partial charge on any atom is 0.500 e. The Bertz CT molecular complexity index is 388. The van der Waals surface area contributed by atoms with Crippen LogP contribution in [0.1, 0.15) is 6.42 Å². The van der Waals surface area contributed by atoms with Crippen LogP contribution in [0.3, 0.4) is 0 Å². The summed E-state index contributed by atoms with van der Waals surface area (Å²) in [5.41, 5.74) is 0.825. The molecule has 8 heteroatoms. The van der Waals surface area contributed by atoms with E-state index in [0.29, 0.717) is 0 Å². The van der Waals surface area contributed by atoms with Gasteiger partial charge >= 0.3 is 8.80 Å². The van der Waals surface area contributed by atoms with E-state index in [1.165, 1.54) is 5.23 Å². The molecule has 0 aromatic carbocycles. The van der Waals surface area contributed by atoms with E-state index in [0.717, 1.165) is 24.7 Å². The molecule has 1 aromatic heterocycles. The first-order valence-corrected chi connectivity index (χ1v) is 8.60. The van der Waals surface area contributed by atoms with Gasteiger partial charge in [0.05, 0.1) is 14.2 Å². The quantitative estimate of drug-likeness (QED) is 0.367. The molecule has 0 bridgehead atoms. The van der Waals surface area contributed by atoms with Crippen molar-refractivity contribution in [1.29, 1.82) is 0 Å². The topological polar surface area (TPSA) is 53.3 Å². The Labute approximate surface area is 127 Å². The lowest BCUT2D eigenvalue weighted by Gasteiger charge is -2.23. The summed E-state index contributed by atoms with van der Waals surface area (Å²) in [7, 11) is 5.52. The molecule has 0 fully saturated rings. The Morgan fingerprint density at radius 2 is 1.48 bits per heavy atom. The number of aryl methyl sites for hydroxylation is 1. The average molecular weight is 317 g/mol. The maximum atomic E-state index is 5.40. The number of hydrogen-bond acceptors (Lipinski definition) is 6. The molecular weight excluding hydrogens is 292 g/mol. The summed E-state index contributed by atoms with van der Waals surface area (Å²) in [4.78, 5) is 10.1. The summed E-state index contributed by atoms with van der Waals surface area (Å²) in [6.45, 7) is 0.852. The molecule has 0 amide bonds. The minimum absolute atomic E-state index is 0.771. The molecule has 0 unspecified atom stereocenters. The van der Waals surface area contributed by atoms with Gasteiger partial charge < -0.3 is 13.3 Å². The van der Waals surface area contributed by atoms with Gasteiger partial charge in [-0.1, -0.05) is 0 Å². The molecule has 7 nitrogen and oxygen atoms in total. The number of pyridine rings is 1. The predicted octanol–water partition coefficient (Wildman–Crippen LogP) is 1.17. The zero-order valence-electron chi connectivity index (χ0n) is 13.4. The van der Waals surface area contributed by atoms with Crippen LogP contribution < -0.4 is 9.79 Å². The van der Waals surface area contributed by atoms with Gasteiger partial charge in [0.1, 0.15) is 12.2 Å². The van der Waals surface area contributed by atoms with Gasteiger partial charge in [0.25, 0.3) is 0 Å². The van der Waals surface area contributed by atoms with Crippen molar-refractivity contribution in [2.75, 3.05) is 40.8 Å². The Kier molecular flexibility index (Phi) is 7.79. The highest BCUT2D eigenvalue weighted by Gasteiger charge is 2.37. The lowest BCUT2D eigenvalue weighted by Crippen LogP contribution is -2.44. The van der Waals surface area contributed by atoms with Crippen LogP contribution in [0.4, 0.5) is 5.69 Å². The van der Waals surface area contributed by atoms with Crippen molar-refractivity contribution < 1.29 is 27.5 Å². The van der Waals surface area contributed by atoms with E-state index in [2.05, 4.69) is 4.57 Å². The second-order valence-corrected chi connectivity index (χ2v) is 7.41. The first-order chi connectivity index (χ1) is 10.1. The summed E-state index contributed by atoms with van der Waals surface area (Å²) in [6.07, 6.45) is 4.84. The van der Waals surface area contributed by atoms with E-state index in [1.807, 2.05) is 24.5 Å². The molecule has 0 saturated heterocycles. The van der Waals surface area contributed by atoms with Crippen molar-refractivity contribution in [3.8, 4) is 0 Å². The standard InChI is InChI=1S/C13H25N2O5Si/c1-16-15(17-2)13-7-10-14(11-8-13)9-6-12-21(18-3,19-4)20-5/h7-8,10-11H,6,9,12H2,1-5H3/q+1. The van der Waals surface area contributed by atoms with Gasteiger partial charge in [-0.05, 0) is 0 Å². The molecular formula is C13H25N2O5Si+. The van der Waals surface area contributed by atoms with Crippen LogP contribution in [-0.4, -0.2) is 44.4 Å². The fourth-order valence-corrected chi connectivity index (χ4v) is 3.74. The van der Waals surface area contributed by atoms with E-state index in [-0.39, 0.29) is 0 Å². The molecule has 1 heterocycles. The Morgan fingerprint density at radius 3 is 1.90 bits per heavy atom. The highest BCUT2D eigenvalue weighted by atomic mass is 28.4. The zero-order valence-corrected chi connectivity index (χ0v) is 14.4. The monoisotopic (exact) mass is 317 g/mol. The summed E-state index contributed by atoms with van der Waals surface area (Å²) >= 11 is 0. The minimum Gasteiger partial charge on any atom is -0.377 e. The molecule has 0 aliphatic rings. The Morgan fingerprint density at radius 1 is 0.952 bits per heavy atom. The fourth-order valence-electron chi connectivity index (χ4n) is 2.04. The van der Waals surface area contributed by atoms with E-state index >= 15 is 0 Å². The molecule has 0 spiro atoms. The van der Waals surface area contributed by atoms with Crippen LogP contribution in [0.15, 0.2) is 24.5 Å². The third-order valence-corrected chi connectivity index (χ3v) is 6.08. The second-order valence-electron chi connectivity index (χ2n) is 4.32. The first kappa shape index (κ1) is 18.0. The highest BCUT2D eigenvalue weighted by molar-refractivity contribution is 6.60. The van der Waals surface area contributed by atoms with Gasteiger partial charge in [0.15, 0.2) is 12.4 Å². The van der Waals surface area contributed by atoms with E-state index in [4.69, 9.17) is 23.0 Å². The lowest BCUT2D eigenvalue weighted by molar-refractivity contribution is -0.697. The molecule has 0 aliphatic heterocycles. The number of hydrogen-bond donors (Lipinski definition) is 0. The van der Waals surface area contributed by atoms with Crippen LogP contribution in [0.5, 0.6) is 0 Å².